The number of alkyl halides is 4. The van der Waals surface area contributed by atoms with Gasteiger partial charge in [0.15, 0.2) is 6.10 Å². The second-order valence-electron chi connectivity index (χ2n) is 4.84. The van der Waals surface area contributed by atoms with Crippen LogP contribution in [0.3, 0.4) is 0 Å². The molecule has 0 saturated heterocycles. The number of aliphatic hydroxyl groups is 2. The third-order valence-electron chi connectivity index (χ3n) is 3.16. The Kier molecular flexibility index (Phi) is 4.85. The number of aliphatic hydroxyl groups excluding tert-OH is 2. The van der Waals surface area contributed by atoms with Gasteiger partial charge in [-0.1, -0.05) is 0 Å². The molecule has 1 aliphatic rings. The second-order valence-corrected chi connectivity index (χ2v) is 5.15. The molecule has 0 aromatic heterocycles. The zero-order chi connectivity index (χ0) is 15.6. The van der Waals surface area contributed by atoms with E-state index in [1.54, 1.807) is 0 Å². The molecule has 0 saturated carbocycles. The van der Waals surface area contributed by atoms with Crippen LogP contribution in [0.5, 0.6) is 5.75 Å². The van der Waals surface area contributed by atoms with Crippen LogP contribution in [0.2, 0.25) is 0 Å². The standard InChI is InChI=1S/C13H15ClF3NO3/c14-5-8(19)6-18-7-1-2-11-9(3-7)10(20)4-12(21-11)13(15,16)17/h1-3,8,10,12,18-20H,4-6H2. The van der Waals surface area contributed by atoms with E-state index in [1.807, 2.05) is 0 Å². The van der Waals surface area contributed by atoms with Crippen molar-refractivity contribution in [2.45, 2.75) is 30.9 Å². The Hall–Kier alpha value is -1.18. The van der Waals surface area contributed by atoms with Crippen LogP contribution in [0, 0.1) is 0 Å². The topological polar surface area (TPSA) is 61.7 Å². The van der Waals surface area contributed by atoms with Crippen molar-refractivity contribution in [3.05, 3.63) is 23.8 Å². The summed E-state index contributed by atoms with van der Waals surface area (Å²) in [5, 5.41) is 22.1. The molecule has 0 aliphatic carbocycles. The van der Waals surface area contributed by atoms with Crippen LogP contribution in [0.25, 0.3) is 0 Å². The fourth-order valence-corrected chi connectivity index (χ4v) is 2.16. The number of benzene rings is 1. The number of hydrogen-bond donors (Lipinski definition) is 3. The average Bonchev–Trinajstić information content (AvgIpc) is 2.43. The van der Waals surface area contributed by atoms with E-state index in [0.29, 0.717) is 11.3 Å². The van der Waals surface area contributed by atoms with Crippen LogP contribution >= 0.6 is 11.6 Å². The summed E-state index contributed by atoms with van der Waals surface area (Å²) in [7, 11) is 0. The molecule has 3 atom stereocenters. The van der Waals surface area contributed by atoms with E-state index >= 15 is 0 Å². The zero-order valence-corrected chi connectivity index (χ0v) is 11.7. The summed E-state index contributed by atoms with van der Waals surface area (Å²) < 4.78 is 42.8. The lowest BCUT2D eigenvalue weighted by Gasteiger charge is -2.31. The van der Waals surface area contributed by atoms with E-state index < -0.39 is 30.9 Å². The van der Waals surface area contributed by atoms with Gasteiger partial charge in [-0.3, -0.25) is 0 Å². The highest BCUT2D eigenvalue weighted by molar-refractivity contribution is 6.18. The third kappa shape index (κ3) is 3.93. The lowest BCUT2D eigenvalue weighted by atomic mass is 9.98. The number of nitrogens with one attached hydrogen (secondary N) is 1. The van der Waals surface area contributed by atoms with Crippen LogP contribution in [-0.4, -0.2) is 41.0 Å². The quantitative estimate of drug-likeness (QED) is 0.744. The van der Waals surface area contributed by atoms with Crippen molar-refractivity contribution in [1.82, 2.24) is 0 Å². The molecule has 4 nitrogen and oxygen atoms in total. The van der Waals surface area contributed by atoms with Crippen molar-refractivity contribution in [1.29, 1.82) is 0 Å². The molecule has 0 fully saturated rings. The first-order valence-corrected chi connectivity index (χ1v) is 6.88. The Bertz CT molecular complexity index is 498. The fraction of sp³-hybridized carbons (Fsp3) is 0.538. The minimum Gasteiger partial charge on any atom is -0.480 e. The molecule has 0 radical (unpaired) electrons. The fourth-order valence-electron chi connectivity index (χ4n) is 2.05. The summed E-state index contributed by atoms with van der Waals surface area (Å²) in [5.41, 5.74) is 0.854. The highest BCUT2D eigenvalue weighted by atomic mass is 35.5. The van der Waals surface area contributed by atoms with Gasteiger partial charge in [0, 0.05) is 24.2 Å². The van der Waals surface area contributed by atoms with Gasteiger partial charge in [0.2, 0.25) is 0 Å². The monoisotopic (exact) mass is 325 g/mol. The summed E-state index contributed by atoms with van der Waals surface area (Å²) in [6.07, 6.45) is -9.04. The zero-order valence-electron chi connectivity index (χ0n) is 10.9. The number of fused-ring (bicyclic) bond motifs is 1. The van der Waals surface area contributed by atoms with Crippen molar-refractivity contribution in [2.75, 3.05) is 17.7 Å². The molecular weight excluding hydrogens is 311 g/mol. The highest BCUT2D eigenvalue weighted by Gasteiger charge is 2.45. The Morgan fingerprint density at radius 3 is 2.76 bits per heavy atom. The number of halogens is 4. The Balaban J connectivity index is 2.13. The van der Waals surface area contributed by atoms with E-state index in [4.69, 9.17) is 16.3 Å². The molecule has 0 amide bonds. The summed E-state index contributed by atoms with van der Waals surface area (Å²) in [4.78, 5) is 0. The molecule has 3 unspecified atom stereocenters. The molecule has 1 aromatic rings. The first-order valence-electron chi connectivity index (χ1n) is 6.34. The van der Waals surface area contributed by atoms with E-state index in [9.17, 15) is 23.4 Å². The largest absolute Gasteiger partial charge is 0.480 e. The number of ether oxygens (including phenoxy) is 1. The van der Waals surface area contributed by atoms with Gasteiger partial charge in [-0.25, -0.2) is 0 Å². The highest BCUT2D eigenvalue weighted by Crippen LogP contribution is 2.41. The lowest BCUT2D eigenvalue weighted by molar-refractivity contribution is -0.207. The maximum Gasteiger partial charge on any atom is 0.425 e. The van der Waals surface area contributed by atoms with Crippen molar-refractivity contribution < 1.29 is 28.1 Å². The first-order chi connectivity index (χ1) is 9.81. The van der Waals surface area contributed by atoms with Gasteiger partial charge in [-0.15, -0.1) is 11.6 Å². The Morgan fingerprint density at radius 1 is 1.43 bits per heavy atom. The lowest BCUT2D eigenvalue weighted by Crippen LogP contribution is -2.38. The number of rotatable bonds is 4. The van der Waals surface area contributed by atoms with E-state index in [2.05, 4.69) is 5.32 Å². The molecule has 2 rings (SSSR count). The summed E-state index contributed by atoms with van der Waals surface area (Å²) in [6.45, 7) is 0.199. The molecule has 1 heterocycles. The van der Waals surface area contributed by atoms with Crippen LogP contribution in [0.15, 0.2) is 18.2 Å². The predicted octanol–water partition coefficient (Wildman–Crippen LogP) is 2.45. The second kappa shape index (κ2) is 6.29. The van der Waals surface area contributed by atoms with Gasteiger partial charge >= 0.3 is 6.18 Å². The van der Waals surface area contributed by atoms with Gasteiger partial charge in [0.05, 0.1) is 18.1 Å². The third-order valence-corrected chi connectivity index (χ3v) is 3.52. The number of anilines is 1. The van der Waals surface area contributed by atoms with Crippen molar-refractivity contribution in [2.24, 2.45) is 0 Å². The van der Waals surface area contributed by atoms with Crippen molar-refractivity contribution in [3.8, 4) is 5.75 Å². The summed E-state index contributed by atoms with van der Waals surface area (Å²) in [5.74, 6) is 0.0798. The van der Waals surface area contributed by atoms with Gasteiger partial charge in [0.25, 0.3) is 0 Å². The van der Waals surface area contributed by atoms with E-state index in [1.165, 1.54) is 18.2 Å². The molecule has 118 valence electrons. The maximum atomic E-state index is 12.6. The molecule has 0 bridgehead atoms. The van der Waals surface area contributed by atoms with Gasteiger partial charge in [-0.2, -0.15) is 13.2 Å². The van der Waals surface area contributed by atoms with Gasteiger partial charge in [0.1, 0.15) is 5.75 Å². The Morgan fingerprint density at radius 2 is 2.14 bits per heavy atom. The SMILES string of the molecule is OC(CCl)CNc1ccc2c(c1)C(O)CC(C(F)(F)F)O2. The minimum atomic E-state index is -4.51. The molecular formula is C13H15ClF3NO3. The molecule has 8 heteroatoms. The van der Waals surface area contributed by atoms with Crippen LogP contribution < -0.4 is 10.1 Å². The Labute approximate surface area is 124 Å². The summed E-state index contributed by atoms with van der Waals surface area (Å²) >= 11 is 5.46. The van der Waals surface area contributed by atoms with Crippen molar-refractivity contribution in [3.63, 3.8) is 0 Å². The minimum absolute atomic E-state index is 0.0134. The predicted molar refractivity (Wildman–Crippen MR) is 71.7 cm³/mol. The normalized spacial score (nSPS) is 23.1. The van der Waals surface area contributed by atoms with Gasteiger partial charge in [-0.05, 0) is 18.2 Å². The van der Waals surface area contributed by atoms with Crippen molar-refractivity contribution >= 4 is 17.3 Å². The van der Waals surface area contributed by atoms with Crippen LogP contribution in [0.1, 0.15) is 18.1 Å². The van der Waals surface area contributed by atoms with Crippen LogP contribution in [0.4, 0.5) is 18.9 Å². The molecule has 1 aliphatic heterocycles. The molecule has 21 heavy (non-hydrogen) atoms. The molecule has 1 aromatic carbocycles. The first kappa shape index (κ1) is 16.2. The van der Waals surface area contributed by atoms with Gasteiger partial charge < -0.3 is 20.3 Å². The molecule has 3 N–H and O–H groups in total. The maximum absolute atomic E-state index is 12.6. The average molecular weight is 326 g/mol. The molecule has 0 spiro atoms. The smallest absolute Gasteiger partial charge is 0.425 e. The summed E-state index contributed by atoms with van der Waals surface area (Å²) in [6, 6.07) is 4.39. The van der Waals surface area contributed by atoms with Crippen LogP contribution in [-0.2, 0) is 0 Å². The van der Waals surface area contributed by atoms with E-state index in [-0.39, 0.29) is 18.2 Å². The number of hydrogen-bond acceptors (Lipinski definition) is 4. The van der Waals surface area contributed by atoms with E-state index in [0.717, 1.165) is 0 Å².